The number of oxazole rings is 1. The maximum atomic E-state index is 5.57. The molecular weight excluding hydrogens is 200 g/mol. The zero-order chi connectivity index (χ0) is 11.8. The van der Waals surface area contributed by atoms with Crippen LogP contribution in [0.2, 0.25) is 0 Å². The molecule has 0 aromatic carbocycles. The van der Waals surface area contributed by atoms with Crippen molar-refractivity contribution in [3.8, 4) is 0 Å². The van der Waals surface area contributed by atoms with Crippen LogP contribution in [0.4, 0.5) is 0 Å². The molecule has 1 N–H and O–H groups in total. The van der Waals surface area contributed by atoms with Crippen LogP contribution < -0.4 is 5.32 Å². The number of nitrogens with zero attached hydrogens (tertiary/aromatic N) is 1. The minimum atomic E-state index is 0.604. The number of nitrogens with one attached hydrogen (secondary N) is 1. The fourth-order valence-electron chi connectivity index (χ4n) is 1.87. The van der Waals surface area contributed by atoms with Gasteiger partial charge in [0.1, 0.15) is 5.76 Å². The first-order valence-electron chi connectivity index (χ1n) is 6.47. The first-order chi connectivity index (χ1) is 7.80. The first kappa shape index (κ1) is 13.2. The minimum Gasteiger partial charge on any atom is -0.444 e. The van der Waals surface area contributed by atoms with Crippen molar-refractivity contribution >= 4 is 0 Å². The fraction of sp³-hybridized carbons (Fsp3) is 0.769. The van der Waals surface area contributed by atoms with Crippen LogP contribution in [0.1, 0.15) is 58.1 Å². The van der Waals surface area contributed by atoms with Crippen molar-refractivity contribution in [2.24, 2.45) is 0 Å². The van der Waals surface area contributed by atoms with E-state index in [2.05, 4.69) is 31.1 Å². The number of rotatable bonds is 8. The molecule has 1 rings (SSSR count). The highest BCUT2D eigenvalue weighted by Crippen LogP contribution is 2.08. The molecular formula is C13H24N2O. The third-order valence-corrected chi connectivity index (χ3v) is 2.77. The molecule has 0 spiro atoms. The Bertz CT molecular complexity index is 277. The molecule has 0 unspecified atom stereocenters. The van der Waals surface area contributed by atoms with E-state index < -0.39 is 0 Å². The summed E-state index contributed by atoms with van der Waals surface area (Å²) in [5.41, 5.74) is 0. The molecule has 0 saturated carbocycles. The molecule has 1 aromatic rings. The van der Waals surface area contributed by atoms with Crippen LogP contribution >= 0.6 is 0 Å². The Morgan fingerprint density at radius 2 is 1.94 bits per heavy atom. The van der Waals surface area contributed by atoms with Gasteiger partial charge < -0.3 is 9.73 Å². The standard InChI is InChI=1S/C13H24N2O/c1-4-7-11(8-5-2)14-10-13-15-9-12(6-3)16-13/h9,11,14H,4-8,10H2,1-3H3. The second kappa shape index (κ2) is 7.44. The van der Waals surface area contributed by atoms with E-state index in [1.807, 2.05) is 6.20 Å². The second-order valence-corrected chi connectivity index (χ2v) is 4.23. The van der Waals surface area contributed by atoms with E-state index in [-0.39, 0.29) is 0 Å². The molecule has 0 bridgehead atoms. The van der Waals surface area contributed by atoms with Gasteiger partial charge in [-0.25, -0.2) is 4.98 Å². The lowest BCUT2D eigenvalue weighted by atomic mass is 10.1. The number of aryl methyl sites for hydroxylation is 1. The summed E-state index contributed by atoms with van der Waals surface area (Å²) < 4.78 is 5.57. The summed E-state index contributed by atoms with van der Waals surface area (Å²) in [6.45, 7) is 7.29. The van der Waals surface area contributed by atoms with Gasteiger partial charge in [-0.15, -0.1) is 0 Å². The summed E-state index contributed by atoms with van der Waals surface area (Å²) >= 11 is 0. The van der Waals surface area contributed by atoms with Gasteiger partial charge in [-0.2, -0.15) is 0 Å². The van der Waals surface area contributed by atoms with Crippen LogP contribution in [0, 0.1) is 0 Å². The van der Waals surface area contributed by atoms with Crippen LogP contribution in [0.25, 0.3) is 0 Å². The largest absolute Gasteiger partial charge is 0.444 e. The maximum absolute atomic E-state index is 5.57. The van der Waals surface area contributed by atoms with Crippen molar-refractivity contribution in [2.75, 3.05) is 0 Å². The lowest BCUT2D eigenvalue weighted by Gasteiger charge is -2.15. The van der Waals surface area contributed by atoms with Crippen LogP contribution in [0.5, 0.6) is 0 Å². The van der Waals surface area contributed by atoms with Crippen molar-refractivity contribution < 1.29 is 4.42 Å². The maximum Gasteiger partial charge on any atom is 0.208 e. The fourth-order valence-corrected chi connectivity index (χ4v) is 1.87. The van der Waals surface area contributed by atoms with Gasteiger partial charge >= 0.3 is 0 Å². The average molecular weight is 224 g/mol. The highest BCUT2D eigenvalue weighted by atomic mass is 16.4. The Morgan fingerprint density at radius 1 is 1.25 bits per heavy atom. The molecule has 1 heterocycles. The average Bonchev–Trinajstić information content (AvgIpc) is 2.74. The molecule has 0 aliphatic rings. The molecule has 16 heavy (non-hydrogen) atoms. The van der Waals surface area contributed by atoms with Gasteiger partial charge in [0, 0.05) is 12.5 Å². The van der Waals surface area contributed by atoms with Crippen LogP contribution in [0.3, 0.4) is 0 Å². The summed E-state index contributed by atoms with van der Waals surface area (Å²) in [6.07, 6.45) is 7.66. The van der Waals surface area contributed by atoms with Crippen molar-refractivity contribution in [1.29, 1.82) is 0 Å². The lowest BCUT2D eigenvalue weighted by Crippen LogP contribution is -2.28. The topological polar surface area (TPSA) is 38.1 Å². The number of hydrogen-bond acceptors (Lipinski definition) is 3. The zero-order valence-electron chi connectivity index (χ0n) is 10.8. The Hall–Kier alpha value is -0.830. The Labute approximate surface area is 98.6 Å². The van der Waals surface area contributed by atoms with Crippen LogP contribution in [-0.2, 0) is 13.0 Å². The molecule has 0 aliphatic heterocycles. The summed E-state index contributed by atoms with van der Waals surface area (Å²) in [4.78, 5) is 4.25. The molecule has 0 fully saturated rings. The van der Waals surface area contributed by atoms with Crippen LogP contribution in [-0.4, -0.2) is 11.0 Å². The van der Waals surface area contributed by atoms with Crippen LogP contribution in [0.15, 0.2) is 10.6 Å². The minimum absolute atomic E-state index is 0.604. The molecule has 0 radical (unpaired) electrons. The molecule has 1 aromatic heterocycles. The quantitative estimate of drug-likeness (QED) is 0.736. The monoisotopic (exact) mass is 224 g/mol. The van der Waals surface area contributed by atoms with Gasteiger partial charge in [0.25, 0.3) is 0 Å². The van der Waals surface area contributed by atoms with E-state index in [0.717, 1.165) is 24.6 Å². The molecule has 0 amide bonds. The SMILES string of the molecule is CCCC(CCC)NCc1ncc(CC)o1. The Balaban J connectivity index is 2.35. The van der Waals surface area contributed by atoms with E-state index >= 15 is 0 Å². The Morgan fingerprint density at radius 3 is 2.44 bits per heavy atom. The summed E-state index contributed by atoms with van der Waals surface area (Å²) in [7, 11) is 0. The normalized spacial score (nSPS) is 11.2. The third-order valence-electron chi connectivity index (χ3n) is 2.77. The summed E-state index contributed by atoms with van der Waals surface area (Å²) in [6, 6.07) is 0.604. The number of aromatic nitrogens is 1. The van der Waals surface area contributed by atoms with E-state index in [1.54, 1.807) is 0 Å². The summed E-state index contributed by atoms with van der Waals surface area (Å²) in [5, 5.41) is 3.52. The predicted octanol–water partition coefficient (Wildman–Crippen LogP) is 3.30. The van der Waals surface area contributed by atoms with Gasteiger partial charge in [0.2, 0.25) is 5.89 Å². The summed E-state index contributed by atoms with van der Waals surface area (Å²) in [5.74, 6) is 1.79. The van der Waals surface area contributed by atoms with Gasteiger partial charge in [0.05, 0.1) is 12.7 Å². The van der Waals surface area contributed by atoms with Gasteiger partial charge in [-0.1, -0.05) is 33.6 Å². The molecule has 0 aliphatic carbocycles. The van der Waals surface area contributed by atoms with Gasteiger partial charge in [0.15, 0.2) is 0 Å². The van der Waals surface area contributed by atoms with Crippen molar-refractivity contribution in [3.05, 3.63) is 17.8 Å². The highest BCUT2D eigenvalue weighted by Gasteiger charge is 2.08. The number of hydrogen-bond donors (Lipinski definition) is 1. The molecule has 0 saturated heterocycles. The smallest absolute Gasteiger partial charge is 0.208 e. The molecule has 0 atom stereocenters. The molecule has 3 heteroatoms. The van der Waals surface area contributed by atoms with Gasteiger partial charge in [-0.3, -0.25) is 0 Å². The van der Waals surface area contributed by atoms with E-state index in [0.29, 0.717) is 6.04 Å². The van der Waals surface area contributed by atoms with Crippen molar-refractivity contribution in [2.45, 2.75) is 65.5 Å². The lowest BCUT2D eigenvalue weighted by molar-refractivity contribution is 0.389. The highest BCUT2D eigenvalue weighted by molar-refractivity contribution is 4.93. The second-order valence-electron chi connectivity index (χ2n) is 4.23. The van der Waals surface area contributed by atoms with Crippen molar-refractivity contribution in [3.63, 3.8) is 0 Å². The van der Waals surface area contributed by atoms with E-state index in [9.17, 15) is 0 Å². The first-order valence-corrected chi connectivity index (χ1v) is 6.47. The zero-order valence-corrected chi connectivity index (χ0v) is 10.8. The Kier molecular flexibility index (Phi) is 6.16. The van der Waals surface area contributed by atoms with Crippen molar-refractivity contribution in [1.82, 2.24) is 10.3 Å². The predicted molar refractivity (Wildman–Crippen MR) is 66.3 cm³/mol. The molecule has 3 nitrogen and oxygen atoms in total. The third kappa shape index (κ3) is 4.35. The van der Waals surface area contributed by atoms with E-state index in [4.69, 9.17) is 4.42 Å². The van der Waals surface area contributed by atoms with Gasteiger partial charge in [-0.05, 0) is 12.8 Å². The molecule has 92 valence electrons. The van der Waals surface area contributed by atoms with E-state index in [1.165, 1.54) is 25.7 Å².